The van der Waals surface area contributed by atoms with E-state index in [1.165, 1.54) is 22.3 Å². The Morgan fingerprint density at radius 1 is 0.958 bits per heavy atom. The zero-order chi connectivity index (χ0) is 16.9. The fraction of sp³-hybridized carbons (Fsp3) is 0.300. The van der Waals surface area contributed by atoms with Gasteiger partial charge in [0.15, 0.2) is 5.71 Å². The molecule has 0 saturated heterocycles. The molecule has 2 aromatic carbocycles. The van der Waals surface area contributed by atoms with Crippen LogP contribution in [0.2, 0.25) is 0 Å². The van der Waals surface area contributed by atoms with Crippen LogP contribution in [0.1, 0.15) is 41.7 Å². The Bertz CT molecular complexity index is 780. The van der Waals surface area contributed by atoms with E-state index in [4.69, 9.17) is 9.57 Å². The second kappa shape index (κ2) is 7.30. The predicted octanol–water partition coefficient (Wildman–Crippen LogP) is 3.49. The van der Waals surface area contributed by atoms with Crippen LogP contribution in [0.25, 0.3) is 0 Å². The molecule has 0 bridgehead atoms. The molecule has 2 aromatic rings. The maximum Gasteiger partial charge on any atom is 0.361 e. The number of rotatable bonds is 5. The molecule has 0 unspecified atom stereocenters. The van der Waals surface area contributed by atoms with Gasteiger partial charge in [-0.2, -0.15) is 0 Å². The van der Waals surface area contributed by atoms with Crippen molar-refractivity contribution < 1.29 is 14.4 Å². The predicted molar refractivity (Wildman–Crippen MR) is 93.3 cm³/mol. The van der Waals surface area contributed by atoms with Crippen molar-refractivity contribution in [3.63, 3.8) is 0 Å². The quantitative estimate of drug-likeness (QED) is 0.410. The summed E-state index contributed by atoms with van der Waals surface area (Å²) in [5.41, 5.74) is 6.17. The number of hydrogen-bond donors (Lipinski definition) is 0. The zero-order valence-corrected chi connectivity index (χ0v) is 14.0. The first-order chi connectivity index (χ1) is 11.7. The van der Waals surface area contributed by atoms with Crippen molar-refractivity contribution in [3.05, 3.63) is 70.3 Å². The highest BCUT2D eigenvalue weighted by Crippen LogP contribution is 2.28. The number of hydrogen-bond acceptors (Lipinski definition) is 4. The van der Waals surface area contributed by atoms with Crippen molar-refractivity contribution in [1.82, 2.24) is 0 Å². The SMILES string of the molecule is CCON=C(C(=O)OCC)c1ccc2c(c1)Cc1ccccc1C2. The van der Waals surface area contributed by atoms with Crippen molar-refractivity contribution in [1.29, 1.82) is 0 Å². The molecule has 3 rings (SSSR count). The third-order valence-electron chi connectivity index (χ3n) is 4.11. The van der Waals surface area contributed by atoms with E-state index in [-0.39, 0.29) is 5.71 Å². The monoisotopic (exact) mass is 323 g/mol. The maximum absolute atomic E-state index is 12.2. The molecule has 0 fully saturated rings. The minimum Gasteiger partial charge on any atom is -0.461 e. The van der Waals surface area contributed by atoms with E-state index >= 15 is 0 Å². The summed E-state index contributed by atoms with van der Waals surface area (Å²) in [6.07, 6.45) is 1.78. The number of ether oxygens (including phenoxy) is 1. The first kappa shape index (κ1) is 16.2. The van der Waals surface area contributed by atoms with Gasteiger partial charge < -0.3 is 9.57 Å². The number of carbonyl (C=O) groups is 1. The molecule has 0 saturated carbocycles. The molecule has 0 atom stereocenters. The highest BCUT2D eigenvalue weighted by molar-refractivity contribution is 6.43. The van der Waals surface area contributed by atoms with Gasteiger partial charge in [0.05, 0.1) is 6.61 Å². The fourth-order valence-corrected chi connectivity index (χ4v) is 2.96. The standard InChI is InChI=1S/C20H21NO3/c1-3-23-20(22)19(21-24-4-2)17-10-9-16-11-14-7-5-6-8-15(14)12-18(16)13-17/h5-10,13H,3-4,11-12H2,1-2H3. The highest BCUT2D eigenvalue weighted by Gasteiger charge is 2.20. The molecule has 0 spiro atoms. The summed E-state index contributed by atoms with van der Waals surface area (Å²) in [6.45, 7) is 4.32. The lowest BCUT2D eigenvalue weighted by atomic mass is 9.85. The van der Waals surface area contributed by atoms with Gasteiger partial charge in [-0.05, 0) is 55.0 Å². The summed E-state index contributed by atoms with van der Waals surface area (Å²) in [7, 11) is 0. The van der Waals surface area contributed by atoms with E-state index in [9.17, 15) is 4.79 Å². The van der Waals surface area contributed by atoms with Crippen LogP contribution in [-0.2, 0) is 27.2 Å². The molecule has 0 heterocycles. The van der Waals surface area contributed by atoms with Gasteiger partial charge in [0.25, 0.3) is 0 Å². The van der Waals surface area contributed by atoms with Crippen molar-refractivity contribution in [2.24, 2.45) is 5.16 Å². The van der Waals surface area contributed by atoms with E-state index in [2.05, 4.69) is 35.5 Å². The van der Waals surface area contributed by atoms with E-state index in [0.717, 1.165) is 18.4 Å². The van der Waals surface area contributed by atoms with Crippen LogP contribution in [0.15, 0.2) is 47.6 Å². The maximum atomic E-state index is 12.2. The molecule has 124 valence electrons. The molecule has 0 amide bonds. The summed E-state index contributed by atoms with van der Waals surface area (Å²) in [5, 5.41) is 3.97. The Kier molecular flexibility index (Phi) is 4.94. The van der Waals surface area contributed by atoms with Crippen LogP contribution in [-0.4, -0.2) is 24.9 Å². The fourth-order valence-electron chi connectivity index (χ4n) is 2.96. The summed E-state index contributed by atoms with van der Waals surface area (Å²) in [5.74, 6) is -0.456. The van der Waals surface area contributed by atoms with Gasteiger partial charge >= 0.3 is 5.97 Å². The topological polar surface area (TPSA) is 47.9 Å². The molecule has 0 radical (unpaired) electrons. The zero-order valence-electron chi connectivity index (χ0n) is 14.0. The van der Waals surface area contributed by atoms with Crippen molar-refractivity contribution in [2.75, 3.05) is 13.2 Å². The molecule has 1 aliphatic rings. The molecular formula is C20H21NO3. The Morgan fingerprint density at radius 2 is 1.62 bits per heavy atom. The molecule has 0 aliphatic heterocycles. The van der Waals surface area contributed by atoms with E-state index in [0.29, 0.717) is 13.2 Å². The lowest BCUT2D eigenvalue weighted by Gasteiger charge is -2.20. The average Bonchev–Trinajstić information content (AvgIpc) is 2.60. The Balaban J connectivity index is 1.94. The van der Waals surface area contributed by atoms with Crippen LogP contribution in [0.4, 0.5) is 0 Å². The second-order valence-electron chi connectivity index (χ2n) is 5.68. The van der Waals surface area contributed by atoms with E-state index in [1.807, 2.05) is 19.1 Å². The largest absolute Gasteiger partial charge is 0.461 e. The van der Waals surface area contributed by atoms with Gasteiger partial charge in [0.1, 0.15) is 6.61 Å². The number of nitrogens with zero attached hydrogens (tertiary/aromatic N) is 1. The molecule has 4 nitrogen and oxygen atoms in total. The minimum atomic E-state index is -0.456. The van der Waals surface area contributed by atoms with Crippen molar-refractivity contribution in [2.45, 2.75) is 26.7 Å². The Hall–Kier alpha value is -2.62. The van der Waals surface area contributed by atoms with Gasteiger partial charge in [0.2, 0.25) is 0 Å². The first-order valence-electron chi connectivity index (χ1n) is 8.29. The molecule has 1 aliphatic carbocycles. The first-order valence-corrected chi connectivity index (χ1v) is 8.29. The van der Waals surface area contributed by atoms with Gasteiger partial charge in [0, 0.05) is 5.56 Å². The van der Waals surface area contributed by atoms with Gasteiger partial charge in [-0.3, -0.25) is 0 Å². The van der Waals surface area contributed by atoms with Crippen LogP contribution in [0.5, 0.6) is 0 Å². The van der Waals surface area contributed by atoms with Crippen molar-refractivity contribution >= 4 is 11.7 Å². The van der Waals surface area contributed by atoms with Crippen LogP contribution < -0.4 is 0 Å². The third-order valence-corrected chi connectivity index (χ3v) is 4.11. The highest BCUT2D eigenvalue weighted by atomic mass is 16.6. The molecule has 4 heteroatoms. The Labute approximate surface area is 142 Å². The van der Waals surface area contributed by atoms with E-state index < -0.39 is 5.97 Å². The third kappa shape index (κ3) is 3.32. The lowest BCUT2D eigenvalue weighted by Crippen LogP contribution is -2.20. The minimum absolute atomic E-state index is 0.223. The number of carbonyl (C=O) groups excluding carboxylic acids is 1. The summed E-state index contributed by atoms with van der Waals surface area (Å²) >= 11 is 0. The van der Waals surface area contributed by atoms with E-state index in [1.54, 1.807) is 6.92 Å². The van der Waals surface area contributed by atoms with Crippen LogP contribution in [0, 0.1) is 0 Å². The normalized spacial score (nSPS) is 13.0. The smallest absolute Gasteiger partial charge is 0.361 e. The molecular weight excluding hydrogens is 302 g/mol. The lowest BCUT2D eigenvalue weighted by molar-refractivity contribution is -0.135. The molecule has 24 heavy (non-hydrogen) atoms. The number of benzene rings is 2. The van der Waals surface area contributed by atoms with Gasteiger partial charge in [-0.15, -0.1) is 0 Å². The molecule has 0 aromatic heterocycles. The summed E-state index contributed by atoms with van der Waals surface area (Å²) in [4.78, 5) is 17.3. The van der Waals surface area contributed by atoms with Gasteiger partial charge in [-0.25, -0.2) is 4.79 Å². The Morgan fingerprint density at radius 3 is 2.29 bits per heavy atom. The number of fused-ring (bicyclic) bond motifs is 2. The number of esters is 1. The second-order valence-corrected chi connectivity index (χ2v) is 5.68. The van der Waals surface area contributed by atoms with Crippen LogP contribution >= 0.6 is 0 Å². The van der Waals surface area contributed by atoms with Crippen molar-refractivity contribution in [3.8, 4) is 0 Å². The summed E-state index contributed by atoms with van der Waals surface area (Å²) < 4.78 is 5.11. The van der Waals surface area contributed by atoms with Gasteiger partial charge in [-0.1, -0.05) is 41.6 Å². The summed E-state index contributed by atoms with van der Waals surface area (Å²) in [6, 6.07) is 14.5. The number of oxime groups is 1. The molecule has 0 N–H and O–H groups in total. The van der Waals surface area contributed by atoms with Crippen LogP contribution in [0.3, 0.4) is 0 Å². The average molecular weight is 323 g/mol.